The molecule has 1 aliphatic rings. The molecule has 0 aliphatic carbocycles. The molecule has 1 fully saturated rings. The maximum absolute atomic E-state index is 5.43. The van der Waals surface area contributed by atoms with Crippen molar-refractivity contribution in [2.75, 3.05) is 40.3 Å². The summed E-state index contributed by atoms with van der Waals surface area (Å²) >= 11 is 0. The van der Waals surface area contributed by atoms with Crippen LogP contribution in [0.5, 0.6) is 5.75 Å². The zero-order valence-electron chi connectivity index (χ0n) is 16.8. The van der Waals surface area contributed by atoms with Gasteiger partial charge in [0.2, 0.25) is 0 Å². The lowest BCUT2D eigenvalue weighted by Crippen LogP contribution is -2.43. The third kappa shape index (κ3) is 6.41. The van der Waals surface area contributed by atoms with E-state index in [4.69, 9.17) is 4.74 Å². The van der Waals surface area contributed by atoms with Crippen LogP contribution in [0.1, 0.15) is 24.4 Å². The molecule has 1 unspecified atom stereocenters. The Morgan fingerprint density at radius 3 is 2.57 bits per heavy atom. The van der Waals surface area contributed by atoms with Gasteiger partial charge in [-0.05, 0) is 55.8 Å². The van der Waals surface area contributed by atoms with Crippen LogP contribution in [0.25, 0.3) is 0 Å². The number of benzene rings is 1. The fourth-order valence-corrected chi connectivity index (χ4v) is 3.60. The number of aromatic nitrogens is 1. The largest absolute Gasteiger partial charge is 0.497 e. The Morgan fingerprint density at radius 2 is 1.89 bits per heavy atom. The molecule has 0 bridgehead atoms. The van der Waals surface area contributed by atoms with Crippen molar-refractivity contribution in [3.05, 3.63) is 54.4 Å². The van der Waals surface area contributed by atoms with Gasteiger partial charge in [0.25, 0.3) is 0 Å². The van der Waals surface area contributed by atoms with E-state index in [0.29, 0.717) is 6.04 Å². The molecule has 0 saturated carbocycles. The van der Waals surface area contributed by atoms with E-state index in [9.17, 15) is 0 Å². The number of nitrogens with one attached hydrogen (secondary N) is 2. The monoisotopic (exact) mass is 497 g/mol. The van der Waals surface area contributed by atoms with Gasteiger partial charge < -0.3 is 19.9 Å². The van der Waals surface area contributed by atoms with E-state index in [0.717, 1.165) is 44.4 Å². The third-order valence-corrected chi connectivity index (χ3v) is 5.08. The van der Waals surface area contributed by atoms with Crippen LogP contribution >= 0.6 is 24.0 Å². The fourth-order valence-electron chi connectivity index (χ4n) is 3.60. The molecule has 0 radical (unpaired) electrons. The average molecular weight is 497 g/mol. The van der Waals surface area contributed by atoms with Gasteiger partial charge in [0.05, 0.1) is 13.2 Å². The van der Waals surface area contributed by atoms with Crippen LogP contribution in [-0.2, 0) is 6.54 Å². The summed E-state index contributed by atoms with van der Waals surface area (Å²) in [7, 11) is 3.54. The molecule has 6 nitrogen and oxygen atoms in total. The summed E-state index contributed by atoms with van der Waals surface area (Å²) in [5.74, 6) is 1.75. The molecule has 2 aromatic rings. The van der Waals surface area contributed by atoms with Crippen molar-refractivity contribution < 1.29 is 4.74 Å². The Kier molecular flexibility index (Phi) is 9.63. The summed E-state index contributed by atoms with van der Waals surface area (Å²) in [6.07, 6.45) is 6.68. The van der Waals surface area contributed by atoms with Crippen LogP contribution in [0.2, 0.25) is 0 Å². The van der Waals surface area contributed by atoms with Crippen molar-refractivity contribution in [3.63, 3.8) is 0 Å². The van der Waals surface area contributed by atoms with Crippen molar-refractivity contribution in [2.45, 2.75) is 25.4 Å². The van der Waals surface area contributed by atoms with Gasteiger partial charge in [-0.25, -0.2) is 0 Å². The number of hydrogen-bond acceptors (Lipinski definition) is 3. The summed E-state index contributed by atoms with van der Waals surface area (Å²) in [5.41, 5.74) is 1.28. The lowest BCUT2D eigenvalue weighted by Gasteiger charge is -2.29. The summed E-state index contributed by atoms with van der Waals surface area (Å²) in [5, 5.41) is 6.91. The van der Waals surface area contributed by atoms with E-state index in [1.165, 1.54) is 18.4 Å². The second-order valence-electron chi connectivity index (χ2n) is 6.84. The van der Waals surface area contributed by atoms with Gasteiger partial charge >= 0.3 is 0 Å². The number of aliphatic imine (C=N–C) groups is 1. The van der Waals surface area contributed by atoms with E-state index in [1.807, 2.05) is 25.2 Å². The molecule has 7 heteroatoms. The first-order valence-electron chi connectivity index (χ1n) is 9.73. The van der Waals surface area contributed by atoms with Crippen molar-refractivity contribution in [1.29, 1.82) is 0 Å². The smallest absolute Gasteiger partial charge is 0.191 e. The van der Waals surface area contributed by atoms with Crippen LogP contribution in [0.15, 0.2) is 53.8 Å². The van der Waals surface area contributed by atoms with Crippen molar-refractivity contribution >= 4 is 29.9 Å². The summed E-state index contributed by atoms with van der Waals surface area (Å²) in [6, 6.07) is 12.8. The standard InChI is InChI=1S/C21H31N5O.HI/c1-22-21(23-10-15-25-11-3-4-12-25)24-17-20(26-13-5-6-14-26)18-8-7-9-19(16-18)27-2;/h3-4,7-9,11-12,16,20H,5-6,10,13-15,17H2,1-2H3,(H2,22,23,24);1H. The highest BCUT2D eigenvalue weighted by molar-refractivity contribution is 14.0. The van der Waals surface area contributed by atoms with E-state index < -0.39 is 0 Å². The van der Waals surface area contributed by atoms with Crippen molar-refractivity contribution in [3.8, 4) is 5.75 Å². The molecule has 154 valence electrons. The van der Waals surface area contributed by atoms with Crippen LogP contribution in [0.3, 0.4) is 0 Å². The predicted octanol–water partition coefficient (Wildman–Crippen LogP) is 3.12. The minimum Gasteiger partial charge on any atom is -0.497 e. The zero-order valence-corrected chi connectivity index (χ0v) is 19.1. The normalized spacial score (nSPS) is 15.7. The number of guanidine groups is 1. The summed E-state index contributed by atoms with van der Waals surface area (Å²) < 4.78 is 7.58. The van der Waals surface area contributed by atoms with Crippen LogP contribution < -0.4 is 15.4 Å². The Labute approximate surface area is 185 Å². The Balaban J connectivity index is 0.00000280. The topological polar surface area (TPSA) is 53.8 Å². The quantitative estimate of drug-likeness (QED) is 0.335. The number of methoxy groups -OCH3 is 1. The Morgan fingerprint density at radius 1 is 1.14 bits per heavy atom. The molecular weight excluding hydrogens is 465 g/mol. The molecule has 0 spiro atoms. The SMILES string of the molecule is CN=C(NCCn1cccc1)NCC(c1cccc(OC)c1)N1CCCC1.I. The van der Waals surface area contributed by atoms with E-state index >= 15 is 0 Å². The Bertz CT molecular complexity index is 713. The van der Waals surface area contributed by atoms with E-state index in [2.05, 4.69) is 55.7 Å². The minimum atomic E-state index is 0. The maximum atomic E-state index is 5.43. The third-order valence-electron chi connectivity index (χ3n) is 5.08. The minimum absolute atomic E-state index is 0. The van der Waals surface area contributed by atoms with Gasteiger partial charge in [-0.1, -0.05) is 12.1 Å². The molecule has 2 heterocycles. The Hall–Kier alpha value is -1.74. The van der Waals surface area contributed by atoms with E-state index in [-0.39, 0.29) is 24.0 Å². The predicted molar refractivity (Wildman–Crippen MR) is 126 cm³/mol. The molecule has 28 heavy (non-hydrogen) atoms. The molecule has 3 rings (SSSR count). The van der Waals surface area contributed by atoms with Gasteiger partial charge in [-0.3, -0.25) is 9.89 Å². The number of halogens is 1. The first kappa shape index (κ1) is 22.5. The highest BCUT2D eigenvalue weighted by Crippen LogP contribution is 2.27. The first-order chi connectivity index (χ1) is 13.3. The van der Waals surface area contributed by atoms with Gasteiger partial charge in [-0.2, -0.15) is 0 Å². The van der Waals surface area contributed by atoms with Gasteiger partial charge in [0, 0.05) is 39.1 Å². The van der Waals surface area contributed by atoms with Gasteiger partial charge in [0.15, 0.2) is 5.96 Å². The second-order valence-corrected chi connectivity index (χ2v) is 6.84. The van der Waals surface area contributed by atoms with Gasteiger partial charge in [-0.15, -0.1) is 24.0 Å². The molecule has 1 aliphatic heterocycles. The molecule has 2 N–H and O–H groups in total. The molecule has 1 atom stereocenters. The number of likely N-dealkylation sites (tertiary alicyclic amines) is 1. The molecule has 1 aromatic carbocycles. The maximum Gasteiger partial charge on any atom is 0.191 e. The second kappa shape index (κ2) is 12.0. The number of nitrogens with zero attached hydrogens (tertiary/aromatic N) is 3. The highest BCUT2D eigenvalue weighted by Gasteiger charge is 2.24. The van der Waals surface area contributed by atoms with Crippen LogP contribution in [0, 0.1) is 0 Å². The number of hydrogen-bond donors (Lipinski definition) is 2. The lowest BCUT2D eigenvalue weighted by atomic mass is 10.1. The number of ether oxygens (including phenoxy) is 1. The number of rotatable bonds is 8. The summed E-state index contributed by atoms with van der Waals surface area (Å²) in [6.45, 7) is 4.85. The molecular formula is C21H32IN5O. The van der Waals surface area contributed by atoms with Crippen molar-refractivity contribution in [1.82, 2.24) is 20.1 Å². The molecule has 1 aromatic heterocycles. The molecule has 1 saturated heterocycles. The molecule has 0 amide bonds. The van der Waals surface area contributed by atoms with Crippen LogP contribution in [0.4, 0.5) is 0 Å². The lowest BCUT2D eigenvalue weighted by molar-refractivity contribution is 0.245. The van der Waals surface area contributed by atoms with Gasteiger partial charge in [0.1, 0.15) is 5.75 Å². The summed E-state index contributed by atoms with van der Waals surface area (Å²) in [4.78, 5) is 6.93. The highest BCUT2D eigenvalue weighted by atomic mass is 127. The average Bonchev–Trinajstić information content (AvgIpc) is 3.41. The zero-order chi connectivity index (χ0) is 18.9. The fraction of sp³-hybridized carbons (Fsp3) is 0.476. The van der Waals surface area contributed by atoms with Crippen molar-refractivity contribution in [2.24, 2.45) is 4.99 Å². The van der Waals surface area contributed by atoms with E-state index in [1.54, 1.807) is 7.11 Å². The first-order valence-corrected chi connectivity index (χ1v) is 9.73. The van der Waals surface area contributed by atoms with Crippen LogP contribution in [-0.4, -0.2) is 55.8 Å².